The molecule has 2 aromatic heterocycles. The predicted octanol–water partition coefficient (Wildman–Crippen LogP) is 1.39. The Morgan fingerprint density at radius 2 is 2.10 bits per heavy atom. The Balaban J connectivity index is 2.04. The Kier molecular flexibility index (Phi) is 4.95. The van der Waals surface area contributed by atoms with Crippen molar-refractivity contribution in [1.29, 1.82) is 0 Å². The van der Waals surface area contributed by atoms with Gasteiger partial charge < -0.3 is 14.5 Å². The van der Waals surface area contributed by atoms with Crippen LogP contribution in [0.3, 0.4) is 0 Å². The Morgan fingerprint density at radius 3 is 2.85 bits per heavy atom. The third kappa shape index (κ3) is 3.71. The summed E-state index contributed by atoms with van der Waals surface area (Å²) < 4.78 is 12.0. The molecule has 2 rings (SSSR count). The van der Waals surface area contributed by atoms with E-state index < -0.39 is 0 Å². The molecule has 0 aromatic carbocycles. The summed E-state index contributed by atoms with van der Waals surface area (Å²) in [4.78, 5) is 11.7. The Hall–Kier alpha value is -2.08. The molecule has 20 heavy (non-hydrogen) atoms. The van der Waals surface area contributed by atoms with E-state index in [0.717, 1.165) is 18.7 Å². The van der Waals surface area contributed by atoms with Crippen LogP contribution in [0.25, 0.3) is 0 Å². The molecule has 108 valence electrons. The molecule has 6 nitrogen and oxygen atoms in total. The van der Waals surface area contributed by atoms with Crippen LogP contribution in [0.4, 0.5) is 0 Å². The second-order valence-corrected chi connectivity index (χ2v) is 4.42. The van der Waals surface area contributed by atoms with Crippen LogP contribution in [0.2, 0.25) is 0 Å². The molecule has 0 atom stereocenters. The topological polar surface area (TPSA) is 69.3 Å². The highest BCUT2D eigenvalue weighted by Gasteiger charge is 2.06. The van der Waals surface area contributed by atoms with Gasteiger partial charge in [0.15, 0.2) is 0 Å². The maximum absolute atomic E-state index is 11.7. The van der Waals surface area contributed by atoms with Gasteiger partial charge in [0, 0.05) is 12.1 Å². The zero-order chi connectivity index (χ0) is 14.4. The van der Waals surface area contributed by atoms with Crippen LogP contribution in [0, 0.1) is 0 Å². The van der Waals surface area contributed by atoms with Gasteiger partial charge in [0.25, 0.3) is 5.56 Å². The fraction of sp³-hybridized carbons (Fsp3) is 0.429. The standard InChI is InChI=1S/C14H19N3O3/c1-3-8-15-9-11-4-5-12(20-11)10-17-14(18)7-6-13(16-17)19-2/h4-7,15H,3,8-10H2,1-2H3. The van der Waals surface area contributed by atoms with Gasteiger partial charge in [-0.25, -0.2) is 4.68 Å². The molecule has 1 N–H and O–H groups in total. The number of hydrogen-bond donors (Lipinski definition) is 1. The van der Waals surface area contributed by atoms with Gasteiger partial charge in [0.1, 0.15) is 18.1 Å². The van der Waals surface area contributed by atoms with E-state index in [-0.39, 0.29) is 5.56 Å². The van der Waals surface area contributed by atoms with Crippen LogP contribution in [0.1, 0.15) is 24.9 Å². The minimum absolute atomic E-state index is 0.187. The lowest BCUT2D eigenvalue weighted by atomic mass is 10.4. The monoisotopic (exact) mass is 277 g/mol. The second-order valence-electron chi connectivity index (χ2n) is 4.42. The first kappa shape index (κ1) is 14.3. The fourth-order valence-electron chi connectivity index (χ4n) is 1.79. The van der Waals surface area contributed by atoms with E-state index >= 15 is 0 Å². The van der Waals surface area contributed by atoms with Gasteiger partial charge in [-0.3, -0.25) is 4.79 Å². The van der Waals surface area contributed by atoms with Crippen molar-refractivity contribution in [2.45, 2.75) is 26.4 Å². The van der Waals surface area contributed by atoms with Gasteiger partial charge in [-0.15, -0.1) is 5.10 Å². The molecule has 0 amide bonds. The molecule has 6 heteroatoms. The van der Waals surface area contributed by atoms with Crippen molar-refractivity contribution in [2.24, 2.45) is 0 Å². The number of aromatic nitrogens is 2. The largest absolute Gasteiger partial charge is 0.480 e. The van der Waals surface area contributed by atoms with E-state index in [1.807, 2.05) is 12.1 Å². The molecule has 0 fully saturated rings. The molecule has 0 aliphatic carbocycles. The molecular formula is C14H19N3O3. The lowest BCUT2D eigenvalue weighted by Crippen LogP contribution is -2.22. The zero-order valence-electron chi connectivity index (χ0n) is 11.8. The summed E-state index contributed by atoms with van der Waals surface area (Å²) in [6, 6.07) is 6.74. The molecule has 2 heterocycles. The van der Waals surface area contributed by atoms with Crippen LogP contribution < -0.4 is 15.6 Å². The number of methoxy groups -OCH3 is 1. The van der Waals surface area contributed by atoms with E-state index in [0.29, 0.717) is 24.7 Å². The van der Waals surface area contributed by atoms with Crippen LogP contribution in [-0.2, 0) is 13.1 Å². The maximum Gasteiger partial charge on any atom is 0.267 e. The van der Waals surface area contributed by atoms with Gasteiger partial charge in [-0.1, -0.05) is 6.92 Å². The summed E-state index contributed by atoms with van der Waals surface area (Å²) in [6.45, 7) is 4.05. The lowest BCUT2D eigenvalue weighted by molar-refractivity contribution is 0.370. The van der Waals surface area contributed by atoms with Crippen molar-refractivity contribution in [1.82, 2.24) is 15.1 Å². The van der Waals surface area contributed by atoms with Gasteiger partial charge in [0.05, 0.1) is 13.7 Å². The molecule has 0 aliphatic rings. The van der Waals surface area contributed by atoms with E-state index in [2.05, 4.69) is 17.3 Å². The predicted molar refractivity (Wildman–Crippen MR) is 74.9 cm³/mol. The molecule has 0 saturated carbocycles. The zero-order valence-corrected chi connectivity index (χ0v) is 11.8. The van der Waals surface area contributed by atoms with Crippen molar-refractivity contribution in [3.8, 4) is 5.88 Å². The first-order chi connectivity index (χ1) is 9.72. The summed E-state index contributed by atoms with van der Waals surface area (Å²) in [7, 11) is 1.52. The molecule has 0 aliphatic heterocycles. The SMILES string of the molecule is CCCNCc1ccc(Cn2nc(OC)ccc2=O)o1. The summed E-state index contributed by atoms with van der Waals surface area (Å²) in [6.07, 6.45) is 1.08. The highest BCUT2D eigenvalue weighted by Crippen LogP contribution is 2.09. The molecule has 0 unspecified atom stereocenters. The summed E-state index contributed by atoms with van der Waals surface area (Å²) in [5.41, 5.74) is -0.187. The first-order valence-corrected chi connectivity index (χ1v) is 6.63. The number of nitrogens with zero attached hydrogens (tertiary/aromatic N) is 2. The number of furan rings is 1. The van der Waals surface area contributed by atoms with Gasteiger partial charge in [-0.2, -0.15) is 0 Å². The molecule has 0 bridgehead atoms. The molecule has 0 radical (unpaired) electrons. The Labute approximate surface area is 117 Å². The van der Waals surface area contributed by atoms with E-state index in [4.69, 9.17) is 9.15 Å². The van der Waals surface area contributed by atoms with Crippen molar-refractivity contribution >= 4 is 0 Å². The maximum atomic E-state index is 11.7. The van der Waals surface area contributed by atoms with Crippen molar-refractivity contribution < 1.29 is 9.15 Å². The van der Waals surface area contributed by atoms with Crippen LogP contribution in [0.15, 0.2) is 33.5 Å². The Bertz CT molecular complexity index is 604. The summed E-state index contributed by atoms with van der Waals surface area (Å²) >= 11 is 0. The van der Waals surface area contributed by atoms with Gasteiger partial charge in [-0.05, 0) is 25.1 Å². The quantitative estimate of drug-likeness (QED) is 0.775. The van der Waals surface area contributed by atoms with E-state index in [1.165, 1.54) is 17.9 Å². The summed E-state index contributed by atoms with van der Waals surface area (Å²) in [5.74, 6) is 1.95. The smallest absolute Gasteiger partial charge is 0.267 e. The normalized spacial score (nSPS) is 10.7. The number of hydrogen-bond acceptors (Lipinski definition) is 5. The third-order valence-electron chi connectivity index (χ3n) is 2.80. The van der Waals surface area contributed by atoms with Gasteiger partial charge in [0.2, 0.25) is 5.88 Å². The van der Waals surface area contributed by atoms with Crippen molar-refractivity contribution in [2.75, 3.05) is 13.7 Å². The molecule has 2 aromatic rings. The average Bonchev–Trinajstić information content (AvgIpc) is 2.89. The number of rotatable bonds is 7. The summed E-state index contributed by atoms with van der Waals surface area (Å²) in [5, 5.41) is 7.34. The van der Waals surface area contributed by atoms with E-state index in [1.54, 1.807) is 6.07 Å². The van der Waals surface area contributed by atoms with E-state index in [9.17, 15) is 4.79 Å². The van der Waals surface area contributed by atoms with Gasteiger partial charge >= 0.3 is 0 Å². The van der Waals surface area contributed by atoms with Crippen molar-refractivity contribution in [3.05, 3.63) is 46.1 Å². The highest BCUT2D eigenvalue weighted by molar-refractivity contribution is 5.09. The molecular weight excluding hydrogens is 258 g/mol. The Morgan fingerprint density at radius 1 is 1.30 bits per heavy atom. The molecule has 0 saturated heterocycles. The third-order valence-corrected chi connectivity index (χ3v) is 2.80. The second kappa shape index (κ2) is 6.91. The van der Waals surface area contributed by atoms with Crippen LogP contribution in [0.5, 0.6) is 5.88 Å². The first-order valence-electron chi connectivity index (χ1n) is 6.63. The van der Waals surface area contributed by atoms with Crippen LogP contribution >= 0.6 is 0 Å². The fourth-order valence-corrected chi connectivity index (χ4v) is 1.79. The average molecular weight is 277 g/mol. The van der Waals surface area contributed by atoms with Crippen LogP contribution in [-0.4, -0.2) is 23.4 Å². The molecule has 0 spiro atoms. The number of nitrogens with one attached hydrogen (secondary N) is 1. The number of ether oxygens (including phenoxy) is 1. The highest BCUT2D eigenvalue weighted by atomic mass is 16.5. The minimum Gasteiger partial charge on any atom is -0.480 e. The van der Waals surface area contributed by atoms with Crippen molar-refractivity contribution in [3.63, 3.8) is 0 Å². The minimum atomic E-state index is -0.187. The lowest BCUT2D eigenvalue weighted by Gasteiger charge is -2.04.